The average Bonchev–Trinajstić information content (AvgIpc) is 3.24. The molecule has 0 aromatic heterocycles. The molecule has 3 rings (SSSR count). The van der Waals surface area contributed by atoms with Gasteiger partial charge in [0.05, 0.1) is 6.04 Å². The van der Waals surface area contributed by atoms with Crippen LogP contribution in [-0.2, 0) is 19.2 Å². The maximum atomic E-state index is 14.8. The van der Waals surface area contributed by atoms with Crippen LogP contribution >= 0.6 is 0 Å². The number of fused-ring (bicyclic) bond motifs is 1. The minimum Gasteiger partial charge on any atom is -0.363 e. The average molecular weight is 540 g/mol. The number of piperidine rings is 1. The SMILES string of the molecule is [2H]C([2H])(C1CCC1)[C@H](NC(=O)[C@@H]1[C@@H]2[C@H](CN1C(=O)[C@@H](NC(=O)NC(C([2H])([2H])[2H])(C([2H])([2H])[2H])C([2H])([2H])[2H])C(C([2H])([2H])[2H])(C([2H])([2H])[2H])C([2H])([2H])[2H])C2(C)C)C(=O)C(N)=O. The highest BCUT2D eigenvalue weighted by Gasteiger charge is 2.70. The van der Waals surface area contributed by atoms with Crippen LogP contribution in [-0.4, -0.2) is 64.6 Å². The van der Waals surface area contributed by atoms with Crippen molar-refractivity contribution in [2.45, 2.75) is 104 Å². The Hall–Kier alpha value is -2.65. The predicted molar refractivity (Wildman–Crippen MR) is 139 cm³/mol. The topological polar surface area (TPSA) is 151 Å². The van der Waals surface area contributed by atoms with Crippen molar-refractivity contribution in [2.24, 2.45) is 34.3 Å². The number of nitrogens with zero attached hydrogens (tertiary/aromatic N) is 1. The molecule has 2 saturated carbocycles. The Labute approximate surface area is 248 Å². The van der Waals surface area contributed by atoms with E-state index in [1.807, 2.05) is 0 Å². The zero-order valence-electron chi connectivity index (χ0n) is 40.4. The first-order chi connectivity index (χ1) is 25.1. The van der Waals surface area contributed by atoms with Crippen molar-refractivity contribution in [3.8, 4) is 0 Å². The summed E-state index contributed by atoms with van der Waals surface area (Å²) in [4.78, 5) is 68.2. The highest BCUT2D eigenvalue weighted by molar-refractivity contribution is 6.37. The third-order valence-corrected chi connectivity index (χ3v) is 7.32. The van der Waals surface area contributed by atoms with Gasteiger partial charge in [0, 0.05) is 39.5 Å². The number of likely N-dealkylation sites (tertiary alicyclic amines) is 1. The van der Waals surface area contributed by atoms with Gasteiger partial charge < -0.3 is 26.6 Å². The number of ketones is 1. The highest BCUT2D eigenvalue weighted by Crippen LogP contribution is 2.65. The second-order valence-electron chi connectivity index (χ2n) is 10.4. The number of hydrogen-bond donors (Lipinski definition) is 4. The molecule has 3 aliphatic rings. The monoisotopic (exact) mass is 539 g/mol. The number of nitrogens with two attached hydrogens (primary N) is 1. The number of nitrogens with one attached hydrogen (secondary N) is 3. The molecule has 5 atom stereocenters. The largest absolute Gasteiger partial charge is 0.363 e. The molecule has 37 heavy (non-hydrogen) atoms. The maximum Gasteiger partial charge on any atom is 0.315 e. The van der Waals surface area contributed by atoms with Crippen molar-refractivity contribution in [2.75, 3.05) is 6.54 Å². The van der Waals surface area contributed by atoms with Crippen LogP contribution in [0, 0.1) is 28.6 Å². The molecule has 5 amide bonds. The Balaban J connectivity index is 2.30. The number of primary amides is 1. The van der Waals surface area contributed by atoms with Crippen LogP contribution in [0.1, 0.15) is 108 Å². The minimum absolute atomic E-state index is 0.251. The Morgan fingerprint density at radius 1 is 1.08 bits per heavy atom. The van der Waals surface area contributed by atoms with E-state index in [1.165, 1.54) is 10.6 Å². The number of urea groups is 1. The highest BCUT2D eigenvalue weighted by atomic mass is 16.2. The third-order valence-electron chi connectivity index (χ3n) is 7.32. The van der Waals surface area contributed by atoms with Crippen LogP contribution in [0.2, 0.25) is 0 Å². The lowest BCUT2D eigenvalue weighted by Crippen LogP contribution is -2.62. The van der Waals surface area contributed by atoms with Crippen molar-refractivity contribution >= 4 is 29.5 Å². The lowest BCUT2D eigenvalue weighted by Gasteiger charge is -2.38. The molecule has 5 N–H and O–H groups in total. The summed E-state index contributed by atoms with van der Waals surface area (Å²) in [6.45, 7) is -22.7. The zero-order chi connectivity index (χ0) is 44.9. The zero-order valence-corrected chi connectivity index (χ0v) is 20.4. The van der Waals surface area contributed by atoms with Gasteiger partial charge >= 0.3 is 6.03 Å². The summed E-state index contributed by atoms with van der Waals surface area (Å²) in [6, 6.07) is -9.83. The van der Waals surface area contributed by atoms with Crippen molar-refractivity contribution in [3.05, 3.63) is 0 Å². The van der Waals surface area contributed by atoms with E-state index in [-0.39, 0.29) is 12.8 Å². The number of amides is 5. The summed E-state index contributed by atoms with van der Waals surface area (Å²) in [5.74, 6) is -8.94. The standard InChI is InChI=1S/C27H45N5O5/c1-25(2,3)20(30-24(37)31-26(4,5)6)23(36)32-13-15-17(27(15,7)8)18(32)22(35)29-16(19(33)21(28)34)12-14-10-9-11-14/h14-18,20H,9-13H2,1-8H3,(H2,28,34)(H,29,35)(H2,30,31,37)/t15-,16-,17-,18-,20+/m0/s1/i1D3,2D3,3D3,4D3,5D3,6D3,12D2. The van der Waals surface area contributed by atoms with Gasteiger partial charge in [0.2, 0.25) is 17.6 Å². The van der Waals surface area contributed by atoms with Gasteiger partial charge in [-0.2, -0.15) is 0 Å². The molecule has 10 nitrogen and oxygen atoms in total. The molecular weight excluding hydrogens is 474 g/mol. The maximum absolute atomic E-state index is 14.8. The number of carbonyl (C=O) groups excluding carboxylic acids is 5. The normalized spacial score (nSPS) is 36.7. The second kappa shape index (κ2) is 9.91. The molecule has 2 aliphatic carbocycles. The molecule has 1 saturated heterocycles. The van der Waals surface area contributed by atoms with E-state index in [0.717, 1.165) is 0 Å². The smallest absolute Gasteiger partial charge is 0.315 e. The van der Waals surface area contributed by atoms with E-state index in [2.05, 4.69) is 5.32 Å². The summed E-state index contributed by atoms with van der Waals surface area (Å²) in [5, 5.41) is 4.85. The Morgan fingerprint density at radius 3 is 2.24 bits per heavy atom. The van der Waals surface area contributed by atoms with E-state index < -0.39 is 136 Å². The fourth-order valence-corrected chi connectivity index (χ4v) is 5.04. The molecule has 10 heteroatoms. The molecule has 0 spiro atoms. The molecule has 0 unspecified atom stereocenters. The Kier molecular flexibility index (Phi) is 3.22. The summed E-state index contributed by atoms with van der Waals surface area (Å²) < 4.78 is 161. The van der Waals surface area contributed by atoms with Crippen molar-refractivity contribution < 1.29 is 51.4 Å². The van der Waals surface area contributed by atoms with Gasteiger partial charge in [-0.1, -0.05) is 53.7 Å². The van der Waals surface area contributed by atoms with Crippen LogP contribution in [0.15, 0.2) is 0 Å². The molecular formula is C27H45N5O5. The molecule has 0 radical (unpaired) electrons. The minimum atomic E-state index is -4.36. The van der Waals surface area contributed by atoms with E-state index in [1.54, 1.807) is 13.8 Å². The van der Waals surface area contributed by atoms with Gasteiger partial charge in [0.25, 0.3) is 5.91 Å². The van der Waals surface area contributed by atoms with Crippen LogP contribution in [0.25, 0.3) is 0 Å². The first kappa shape index (κ1) is 12.0. The number of rotatable bonds is 8. The molecule has 1 aliphatic heterocycles. The first-order valence-corrected chi connectivity index (χ1v) is 11.6. The molecule has 0 bridgehead atoms. The number of Topliss-reactive ketones (excluding diaryl/α,β-unsaturated/α-hetero) is 1. The Bertz CT molecular complexity index is 1550. The molecule has 208 valence electrons. The first-order valence-electron chi connectivity index (χ1n) is 21.6. The summed E-state index contributed by atoms with van der Waals surface area (Å²) in [7, 11) is 0. The van der Waals surface area contributed by atoms with Gasteiger partial charge in [0.15, 0.2) is 0 Å². The summed E-state index contributed by atoms with van der Waals surface area (Å²) >= 11 is 0. The summed E-state index contributed by atoms with van der Waals surface area (Å²) in [6.07, 6.45) is -1.54. The quantitative estimate of drug-likeness (QED) is 0.346. The van der Waals surface area contributed by atoms with Crippen molar-refractivity contribution in [1.29, 1.82) is 0 Å². The number of hydrogen-bond acceptors (Lipinski definition) is 5. The molecule has 3 fully saturated rings. The van der Waals surface area contributed by atoms with Crippen molar-refractivity contribution in [1.82, 2.24) is 20.9 Å². The summed E-state index contributed by atoms with van der Waals surface area (Å²) in [5.41, 5.74) is -4.23. The third kappa shape index (κ3) is 6.26. The molecule has 0 aromatic rings. The van der Waals surface area contributed by atoms with Crippen LogP contribution in [0.3, 0.4) is 0 Å². The van der Waals surface area contributed by atoms with Crippen LogP contribution in [0.4, 0.5) is 4.79 Å². The van der Waals surface area contributed by atoms with E-state index in [4.69, 9.17) is 33.1 Å². The predicted octanol–water partition coefficient (Wildman–Crippen LogP) is 1.71. The fourth-order valence-electron chi connectivity index (χ4n) is 5.04. The van der Waals surface area contributed by atoms with Gasteiger partial charge in [-0.3, -0.25) is 19.2 Å². The van der Waals surface area contributed by atoms with Crippen LogP contribution in [0.5, 0.6) is 0 Å². The van der Waals surface area contributed by atoms with Crippen molar-refractivity contribution in [3.63, 3.8) is 0 Å². The lowest BCUT2D eigenvalue weighted by molar-refractivity contribution is -0.145. The van der Waals surface area contributed by atoms with Gasteiger partial charge in [-0.05, 0) is 55.5 Å². The van der Waals surface area contributed by atoms with E-state index in [9.17, 15) is 24.0 Å². The number of carbonyl (C=O) groups is 5. The van der Waals surface area contributed by atoms with Gasteiger partial charge in [-0.25, -0.2) is 4.79 Å². The van der Waals surface area contributed by atoms with E-state index in [0.29, 0.717) is 11.3 Å². The van der Waals surface area contributed by atoms with Gasteiger partial charge in [-0.15, -0.1) is 0 Å². The second-order valence-corrected chi connectivity index (χ2v) is 10.4. The van der Waals surface area contributed by atoms with E-state index >= 15 is 0 Å². The Morgan fingerprint density at radius 2 is 1.73 bits per heavy atom. The van der Waals surface area contributed by atoms with Crippen LogP contribution < -0.4 is 21.7 Å². The molecule has 1 heterocycles. The fraction of sp³-hybridized carbons (Fsp3) is 0.815. The lowest BCUT2D eigenvalue weighted by atomic mass is 9.80. The molecule has 0 aromatic carbocycles. The van der Waals surface area contributed by atoms with Gasteiger partial charge in [0.1, 0.15) is 12.1 Å².